The number of carbonyl (C=O) groups excluding carboxylic acids is 1. The van der Waals surface area contributed by atoms with E-state index in [0.29, 0.717) is 36.5 Å². The van der Waals surface area contributed by atoms with Gasteiger partial charge < -0.3 is 14.8 Å². The zero-order valence-corrected chi connectivity index (χ0v) is 11.7. The number of carbonyl (C=O) groups is 1. The summed E-state index contributed by atoms with van der Waals surface area (Å²) in [5, 5.41) is 13.1. The Kier molecular flexibility index (Phi) is 3.80. The van der Waals surface area contributed by atoms with Gasteiger partial charge in [-0.2, -0.15) is 0 Å². The predicted octanol–water partition coefficient (Wildman–Crippen LogP) is 2.76. The van der Waals surface area contributed by atoms with Crippen LogP contribution in [0.15, 0.2) is 36.4 Å². The molecule has 1 N–H and O–H groups in total. The summed E-state index contributed by atoms with van der Waals surface area (Å²) in [4.78, 5) is 21.9. The number of nitro groups is 1. The Bertz CT molecular complexity index is 793. The van der Waals surface area contributed by atoms with E-state index in [9.17, 15) is 19.3 Å². The largest absolute Gasteiger partial charge is 0.486 e. The molecule has 0 radical (unpaired) electrons. The second-order valence-electron chi connectivity index (χ2n) is 4.73. The minimum atomic E-state index is -0.964. The van der Waals surface area contributed by atoms with E-state index in [-0.39, 0.29) is 5.56 Å². The second kappa shape index (κ2) is 5.91. The van der Waals surface area contributed by atoms with Crippen molar-refractivity contribution in [3.05, 3.63) is 57.9 Å². The summed E-state index contributed by atoms with van der Waals surface area (Å²) < 4.78 is 24.6. The smallest absolute Gasteiger partial charge is 0.272 e. The number of rotatable bonds is 3. The predicted molar refractivity (Wildman–Crippen MR) is 78.4 cm³/mol. The summed E-state index contributed by atoms with van der Waals surface area (Å²) >= 11 is 0. The lowest BCUT2D eigenvalue weighted by atomic mass is 10.1. The van der Waals surface area contributed by atoms with E-state index in [1.165, 1.54) is 0 Å². The highest BCUT2D eigenvalue weighted by Gasteiger charge is 2.18. The van der Waals surface area contributed by atoms with Crippen molar-refractivity contribution >= 4 is 17.3 Å². The molecule has 7 nitrogen and oxygen atoms in total. The van der Waals surface area contributed by atoms with Crippen LogP contribution in [0.1, 0.15) is 10.4 Å². The van der Waals surface area contributed by atoms with Gasteiger partial charge in [0.1, 0.15) is 19.0 Å². The van der Waals surface area contributed by atoms with E-state index >= 15 is 0 Å². The number of hydrogen-bond donors (Lipinski definition) is 1. The average molecular weight is 318 g/mol. The van der Waals surface area contributed by atoms with Crippen molar-refractivity contribution in [1.29, 1.82) is 0 Å². The van der Waals surface area contributed by atoms with Gasteiger partial charge >= 0.3 is 0 Å². The van der Waals surface area contributed by atoms with Crippen LogP contribution in [0.25, 0.3) is 0 Å². The molecule has 0 fully saturated rings. The van der Waals surface area contributed by atoms with Crippen LogP contribution >= 0.6 is 0 Å². The monoisotopic (exact) mass is 318 g/mol. The average Bonchev–Trinajstić information content (AvgIpc) is 2.54. The number of ether oxygens (including phenoxy) is 2. The van der Waals surface area contributed by atoms with Gasteiger partial charge in [0.25, 0.3) is 11.6 Å². The van der Waals surface area contributed by atoms with Crippen LogP contribution in [0, 0.1) is 15.9 Å². The van der Waals surface area contributed by atoms with E-state index in [1.807, 2.05) is 0 Å². The van der Waals surface area contributed by atoms with Crippen LogP contribution in [0.3, 0.4) is 0 Å². The Labute approximate surface area is 129 Å². The van der Waals surface area contributed by atoms with Gasteiger partial charge in [0.2, 0.25) is 0 Å². The molecule has 0 spiro atoms. The SMILES string of the molecule is O=C(Nc1ccc2c(c1)OCCO2)c1ccc([N+](=O)[O-])cc1F. The Morgan fingerprint density at radius 1 is 1.13 bits per heavy atom. The molecule has 2 aromatic carbocycles. The second-order valence-corrected chi connectivity index (χ2v) is 4.73. The lowest BCUT2D eigenvalue weighted by Gasteiger charge is -2.19. The Morgan fingerprint density at radius 3 is 2.57 bits per heavy atom. The highest BCUT2D eigenvalue weighted by atomic mass is 19.1. The number of anilines is 1. The summed E-state index contributed by atoms with van der Waals surface area (Å²) in [6.45, 7) is 0.855. The first-order chi connectivity index (χ1) is 11.0. The van der Waals surface area contributed by atoms with Crippen molar-refractivity contribution in [3.63, 3.8) is 0 Å². The molecule has 23 heavy (non-hydrogen) atoms. The van der Waals surface area contributed by atoms with Crippen molar-refractivity contribution in [3.8, 4) is 11.5 Å². The maximum atomic E-state index is 13.8. The van der Waals surface area contributed by atoms with Gasteiger partial charge in [0.05, 0.1) is 16.6 Å². The molecule has 0 saturated carbocycles. The van der Waals surface area contributed by atoms with Crippen molar-refractivity contribution in [2.75, 3.05) is 18.5 Å². The number of hydrogen-bond acceptors (Lipinski definition) is 5. The fourth-order valence-corrected chi connectivity index (χ4v) is 2.12. The zero-order valence-electron chi connectivity index (χ0n) is 11.7. The third-order valence-corrected chi connectivity index (χ3v) is 3.21. The van der Waals surface area contributed by atoms with Gasteiger partial charge in [-0.25, -0.2) is 4.39 Å². The van der Waals surface area contributed by atoms with Crippen molar-refractivity contribution in [2.24, 2.45) is 0 Å². The molecule has 2 aromatic rings. The van der Waals surface area contributed by atoms with Crippen molar-refractivity contribution < 1.29 is 23.6 Å². The number of nitrogens with one attached hydrogen (secondary N) is 1. The molecule has 1 amide bonds. The van der Waals surface area contributed by atoms with E-state index in [2.05, 4.69) is 5.32 Å². The molecule has 1 aliphatic heterocycles. The van der Waals surface area contributed by atoms with Gasteiger partial charge in [-0.3, -0.25) is 14.9 Å². The van der Waals surface area contributed by atoms with Crippen molar-refractivity contribution in [2.45, 2.75) is 0 Å². The minimum Gasteiger partial charge on any atom is -0.486 e. The van der Waals surface area contributed by atoms with Crippen LogP contribution in [0.5, 0.6) is 11.5 Å². The first-order valence-corrected chi connectivity index (χ1v) is 6.69. The van der Waals surface area contributed by atoms with Crippen LogP contribution in [0.4, 0.5) is 15.8 Å². The van der Waals surface area contributed by atoms with Crippen LogP contribution in [0.2, 0.25) is 0 Å². The molecular formula is C15H11FN2O5. The molecule has 3 rings (SSSR count). The summed E-state index contributed by atoms with van der Waals surface area (Å²) in [6, 6.07) is 7.64. The van der Waals surface area contributed by atoms with Gasteiger partial charge in [0, 0.05) is 17.8 Å². The van der Waals surface area contributed by atoms with Gasteiger partial charge in [-0.05, 0) is 18.2 Å². The quantitative estimate of drug-likeness (QED) is 0.694. The van der Waals surface area contributed by atoms with Gasteiger partial charge in [-0.15, -0.1) is 0 Å². The van der Waals surface area contributed by atoms with Crippen molar-refractivity contribution in [1.82, 2.24) is 0 Å². The van der Waals surface area contributed by atoms with Gasteiger partial charge in [0.15, 0.2) is 11.5 Å². The number of nitro benzene ring substituents is 1. The molecule has 1 aliphatic rings. The number of nitrogens with zero attached hydrogens (tertiary/aromatic N) is 1. The first kappa shape index (κ1) is 14.8. The minimum absolute atomic E-state index is 0.287. The zero-order chi connectivity index (χ0) is 16.4. The Hall–Kier alpha value is -3.16. The lowest BCUT2D eigenvalue weighted by molar-refractivity contribution is -0.385. The van der Waals surface area contributed by atoms with Crippen LogP contribution < -0.4 is 14.8 Å². The van der Waals surface area contributed by atoms with E-state index in [1.54, 1.807) is 18.2 Å². The standard InChI is InChI=1S/C15H11FN2O5/c16-12-8-10(18(20)21)2-3-11(12)15(19)17-9-1-4-13-14(7-9)23-6-5-22-13/h1-4,7-8H,5-6H2,(H,17,19). The molecule has 0 saturated heterocycles. The number of fused-ring (bicyclic) bond motifs is 1. The van der Waals surface area contributed by atoms with Gasteiger partial charge in [-0.1, -0.05) is 0 Å². The fraction of sp³-hybridized carbons (Fsp3) is 0.133. The highest BCUT2D eigenvalue weighted by Crippen LogP contribution is 2.32. The third kappa shape index (κ3) is 3.05. The third-order valence-electron chi connectivity index (χ3n) is 3.21. The summed E-state index contributed by atoms with van der Waals surface area (Å²) in [6.07, 6.45) is 0. The Balaban J connectivity index is 1.80. The maximum absolute atomic E-state index is 13.8. The molecular weight excluding hydrogens is 307 g/mol. The molecule has 1 heterocycles. The number of benzene rings is 2. The number of amides is 1. The molecule has 0 atom stereocenters. The van der Waals surface area contributed by atoms with E-state index in [0.717, 1.165) is 12.1 Å². The molecule has 118 valence electrons. The number of non-ortho nitro benzene ring substituents is 1. The highest BCUT2D eigenvalue weighted by molar-refractivity contribution is 6.04. The molecule has 0 aliphatic carbocycles. The maximum Gasteiger partial charge on any atom is 0.272 e. The molecule has 0 unspecified atom stereocenters. The van der Waals surface area contributed by atoms with Crippen LogP contribution in [-0.4, -0.2) is 24.0 Å². The fourth-order valence-electron chi connectivity index (χ4n) is 2.12. The number of halogens is 1. The summed E-state index contributed by atoms with van der Waals surface area (Å²) in [5.41, 5.74) is -0.305. The molecule has 0 aromatic heterocycles. The van der Waals surface area contributed by atoms with E-state index < -0.39 is 22.3 Å². The first-order valence-electron chi connectivity index (χ1n) is 6.69. The summed E-state index contributed by atoms with van der Waals surface area (Å²) in [7, 11) is 0. The molecule has 0 bridgehead atoms. The summed E-state index contributed by atoms with van der Waals surface area (Å²) in [5.74, 6) is -0.627. The lowest BCUT2D eigenvalue weighted by Crippen LogP contribution is -2.17. The molecule has 8 heteroatoms. The Morgan fingerprint density at radius 2 is 1.87 bits per heavy atom. The van der Waals surface area contributed by atoms with Crippen LogP contribution in [-0.2, 0) is 0 Å². The normalized spacial score (nSPS) is 12.6. The van der Waals surface area contributed by atoms with E-state index in [4.69, 9.17) is 9.47 Å². The topological polar surface area (TPSA) is 90.7 Å².